The van der Waals surface area contributed by atoms with E-state index in [1.54, 1.807) is 6.92 Å². The van der Waals surface area contributed by atoms with Crippen LogP contribution in [0.15, 0.2) is 59.1 Å². The molecule has 2 N–H and O–H groups in total. The van der Waals surface area contributed by atoms with Gasteiger partial charge < -0.3 is 9.84 Å². The van der Waals surface area contributed by atoms with E-state index in [1.807, 2.05) is 30.3 Å². The average Bonchev–Trinajstić information content (AvgIpc) is 3.16. The summed E-state index contributed by atoms with van der Waals surface area (Å²) in [6.07, 6.45) is 0. The number of amides is 1. The van der Waals surface area contributed by atoms with Gasteiger partial charge in [-0.15, -0.1) is 0 Å². The Balaban J connectivity index is 1.59. The fourth-order valence-electron chi connectivity index (χ4n) is 2.23. The van der Waals surface area contributed by atoms with Crippen LogP contribution in [0, 0.1) is 0 Å². The highest BCUT2D eigenvalue weighted by atomic mass is 32.2. The molecule has 1 heterocycles. The second kappa shape index (κ2) is 8.00. The number of carbonyl (C=O) groups is 1. The third-order valence-corrected chi connectivity index (χ3v) is 5.01. The fourth-order valence-corrected chi connectivity index (χ4v) is 2.87. The molecule has 0 atom stereocenters. The molecule has 0 bridgehead atoms. The van der Waals surface area contributed by atoms with Gasteiger partial charge in [-0.05, 0) is 31.2 Å². The first-order valence-corrected chi connectivity index (χ1v) is 9.89. The number of hydrogen-bond acceptors (Lipinski definition) is 6. The lowest BCUT2D eigenvalue weighted by molar-refractivity contribution is 0.0946. The zero-order valence-electron chi connectivity index (χ0n) is 14.5. The zero-order chi connectivity index (χ0) is 19.3. The predicted molar refractivity (Wildman–Crippen MR) is 100 cm³/mol. The molecule has 0 spiro atoms. The number of nitrogens with zero attached hydrogens (tertiary/aromatic N) is 2. The molecule has 0 radical (unpaired) electrons. The third-order valence-electron chi connectivity index (χ3n) is 3.70. The van der Waals surface area contributed by atoms with Crippen molar-refractivity contribution in [2.75, 3.05) is 10.5 Å². The monoisotopic (exact) mass is 386 g/mol. The molecule has 0 fully saturated rings. The molecule has 0 saturated heterocycles. The predicted octanol–water partition coefficient (Wildman–Crippen LogP) is 2.43. The van der Waals surface area contributed by atoms with Crippen LogP contribution in [0.5, 0.6) is 0 Å². The molecule has 1 aromatic heterocycles. The summed E-state index contributed by atoms with van der Waals surface area (Å²) in [4.78, 5) is 16.4. The molecule has 140 valence electrons. The van der Waals surface area contributed by atoms with Crippen LogP contribution in [0.25, 0.3) is 11.4 Å². The van der Waals surface area contributed by atoms with Crippen LogP contribution in [0.1, 0.15) is 23.2 Å². The molecule has 0 aliphatic carbocycles. The maximum absolute atomic E-state index is 12.2. The Kier molecular flexibility index (Phi) is 5.51. The maximum Gasteiger partial charge on any atom is 0.251 e. The van der Waals surface area contributed by atoms with Crippen molar-refractivity contribution in [2.45, 2.75) is 13.5 Å². The molecular weight excluding hydrogens is 368 g/mol. The van der Waals surface area contributed by atoms with Crippen molar-refractivity contribution in [3.8, 4) is 11.4 Å². The third kappa shape index (κ3) is 4.91. The van der Waals surface area contributed by atoms with Crippen molar-refractivity contribution in [3.05, 3.63) is 66.1 Å². The van der Waals surface area contributed by atoms with Crippen LogP contribution in [0.4, 0.5) is 5.69 Å². The molecule has 3 rings (SSSR count). The standard InChI is InChI=1S/C18H18N4O4S/c1-2-27(24,25)22-15-10-8-14(9-11-15)18(23)19-12-16-20-17(21-26-16)13-6-4-3-5-7-13/h3-11,22H,2,12H2,1H3,(H,19,23). The zero-order valence-corrected chi connectivity index (χ0v) is 15.4. The SMILES string of the molecule is CCS(=O)(=O)Nc1ccc(C(=O)NCc2nc(-c3ccccc3)no2)cc1. The number of anilines is 1. The molecule has 3 aromatic rings. The summed E-state index contributed by atoms with van der Waals surface area (Å²) in [6.45, 7) is 1.63. The van der Waals surface area contributed by atoms with Crippen LogP contribution in [-0.2, 0) is 16.6 Å². The van der Waals surface area contributed by atoms with Crippen molar-refractivity contribution in [3.63, 3.8) is 0 Å². The lowest BCUT2D eigenvalue weighted by Gasteiger charge is -2.07. The Hall–Kier alpha value is -3.20. The molecular formula is C18H18N4O4S. The van der Waals surface area contributed by atoms with Gasteiger partial charge in [0.05, 0.1) is 12.3 Å². The van der Waals surface area contributed by atoms with Gasteiger partial charge in [0, 0.05) is 16.8 Å². The molecule has 27 heavy (non-hydrogen) atoms. The summed E-state index contributed by atoms with van der Waals surface area (Å²) in [5.41, 5.74) is 1.61. The first-order chi connectivity index (χ1) is 13.0. The Morgan fingerprint density at radius 3 is 2.44 bits per heavy atom. The van der Waals surface area contributed by atoms with E-state index in [0.717, 1.165) is 5.56 Å². The van der Waals surface area contributed by atoms with Crippen molar-refractivity contribution in [1.82, 2.24) is 15.5 Å². The summed E-state index contributed by atoms with van der Waals surface area (Å²) >= 11 is 0. The average molecular weight is 386 g/mol. The highest BCUT2D eigenvalue weighted by Gasteiger charge is 2.12. The minimum Gasteiger partial charge on any atom is -0.343 e. The molecule has 9 heteroatoms. The van der Waals surface area contributed by atoms with E-state index in [1.165, 1.54) is 24.3 Å². The summed E-state index contributed by atoms with van der Waals surface area (Å²) in [7, 11) is -3.35. The number of sulfonamides is 1. The van der Waals surface area contributed by atoms with Crippen LogP contribution >= 0.6 is 0 Å². The molecule has 8 nitrogen and oxygen atoms in total. The summed E-state index contributed by atoms with van der Waals surface area (Å²) in [5, 5.41) is 6.57. The summed E-state index contributed by atoms with van der Waals surface area (Å²) in [6, 6.07) is 15.5. The van der Waals surface area contributed by atoms with E-state index in [-0.39, 0.29) is 24.1 Å². The molecule has 0 unspecified atom stereocenters. The largest absolute Gasteiger partial charge is 0.343 e. The van der Waals surface area contributed by atoms with Crippen LogP contribution in [0.2, 0.25) is 0 Å². The lowest BCUT2D eigenvalue weighted by Crippen LogP contribution is -2.23. The van der Waals surface area contributed by atoms with E-state index in [9.17, 15) is 13.2 Å². The van der Waals surface area contributed by atoms with Crippen LogP contribution < -0.4 is 10.0 Å². The minimum absolute atomic E-state index is 0.0234. The van der Waals surface area contributed by atoms with Crippen molar-refractivity contribution < 1.29 is 17.7 Å². The highest BCUT2D eigenvalue weighted by molar-refractivity contribution is 7.92. The smallest absolute Gasteiger partial charge is 0.251 e. The quantitative estimate of drug-likeness (QED) is 0.645. The van der Waals surface area contributed by atoms with Crippen molar-refractivity contribution in [2.24, 2.45) is 0 Å². The number of aromatic nitrogens is 2. The Labute approximate surface area is 156 Å². The second-order valence-corrected chi connectivity index (χ2v) is 7.65. The second-order valence-electron chi connectivity index (χ2n) is 5.64. The molecule has 0 saturated carbocycles. The van der Waals surface area contributed by atoms with Gasteiger partial charge in [0.15, 0.2) is 0 Å². The fraction of sp³-hybridized carbons (Fsp3) is 0.167. The molecule has 0 aliphatic rings. The van der Waals surface area contributed by atoms with Crippen LogP contribution in [0.3, 0.4) is 0 Å². The summed E-state index contributed by atoms with van der Waals surface area (Å²) in [5.74, 6) is 0.381. The lowest BCUT2D eigenvalue weighted by atomic mass is 10.2. The Bertz CT molecular complexity index is 1020. The molecule has 1 amide bonds. The van der Waals surface area contributed by atoms with E-state index in [0.29, 0.717) is 17.1 Å². The maximum atomic E-state index is 12.2. The van der Waals surface area contributed by atoms with Gasteiger partial charge in [-0.2, -0.15) is 4.98 Å². The minimum atomic E-state index is -3.35. The number of rotatable bonds is 7. The summed E-state index contributed by atoms with van der Waals surface area (Å²) < 4.78 is 30.6. The van der Waals surface area contributed by atoms with E-state index in [4.69, 9.17) is 4.52 Å². The van der Waals surface area contributed by atoms with Gasteiger partial charge in [0.1, 0.15) is 0 Å². The van der Waals surface area contributed by atoms with E-state index < -0.39 is 10.0 Å². The number of carbonyl (C=O) groups excluding carboxylic acids is 1. The van der Waals surface area contributed by atoms with Gasteiger partial charge in [0.25, 0.3) is 5.91 Å². The van der Waals surface area contributed by atoms with Gasteiger partial charge in [-0.3, -0.25) is 9.52 Å². The van der Waals surface area contributed by atoms with Gasteiger partial charge in [-0.1, -0.05) is 35.5 Å². The topological polar surface area (TPSA) is 114 Å². The first kappa shape index (κ1) is 18.6. The van der Waals surface area contributed by atoms with Gasteiger partial charge in [0.2, 0.25) is 21.7 Å². The Morgan fingerprint density at radius 1 is 1.07 bits per heavy atom. The van der Waals surface area contributed by atoms with Gasteiger partial charge >= 0.3 is 0 Å². The molecule has 0 aliphatic heterocycles. The number of benzene rings is 2. The highest BCUT2D eigenvalue weighted by Crippen LogP contribution is 2.15. The first-order valence-electron chi connectivity index (χ1n) is 8.23. The van der Waals surface area contributed by atoms with Crippen molar-refractivity contribution in [1.29, 1.82) is 0 Å². The number of nitrogens with one attached hydrogen (secondary N) is 2. The van der Waals surface area contributed by atoms with E-state index in [2.05, 4.69) is 20.2 Å². The number of hydrogen-bond donors (Lipinski definition) is 2. The molecule has 2 aromatic carbocycles. The van der Waals surface area contributed by atoms with Crippen molar-refractivity contribution >= 4 is 21.6 Å². The van der Waals surface area contributed by atoms with Crippen LogP contribution in [-0.4, -0.2) is 30.2 Å². The van der Waals surface area contributed by atoms with E-state index >= 15 is 0 Å². The van der Waals surface area contributed by atoms with Gasteiger partial charge in [-0.25, -0.2) is 8.42 Å². The normalized spacial score (nSPS) is 11.1. The Morgan fingerprint density at radius 2 is 1.78 bits per heavy atom.